The molecular formula is C18H25NO3. The summed E-state index contributed by atoms with van der Waals surface area (Å²) in [5.74, 6) is -1.56. The molecule has 0 saturated heterocycles. The third-order valence-electron chi connectivity index (χ3n) is 4.71. The van der Waals surface area contributed by atoms with Crippen molar-refractivity contribution in [2.45, 2.75) is 44.9 Å². The van der Waals surface area contributed by atoms with E-state index in [0.29, 0.717) is 19.4 Å². The Labute approximate surface area is 131 Å². The van der Waals surface area contributed by atoms with Gasteiger partial charge in [-0.1, -0.05) is 50.1 Å². The number of hydrogen-bond donors (Lipinski definition) is 2. The molecule has 0 radical (unpaired) electrons. The molecule has 1 aromatic rings. The molecule has 1 amide bonds. The van der Waals surface area contributed by atoms with Gasteiger partial charge in [0.15, 0.2) is 0 Å². The minimum Gasteiger partial charge on any atom is -0.481 e. The topological polar surface area (TPSA) is 66.4 Å². The SMILES string of the molecule is CC[C@@H](CNC(=O)[C@@H]1CCCC[C@@H]1C(=O)O)c1ccccc1. The lowest BCUT2D eigenvalue weighted by Gasteiger charge is -2.28. The van der Waals surface area contributed by atoms with Crippen LogP contribution in [0.4, 0.5) is 0 Å². The number of carboxylic acids is 1. The Morgan fingerprint density at radius 2 is 1.82 bits per heavy atom. The van der Waals surface area contributed by atoms with Crippen molar-refractivity contribution in [2.75, 3.05) is 6.54 Å². The first-order chi connectivity index (χ1) is 10.6. The van der Waals surface area contributed by atoms with Crippen molar-refractivity contribution in [3.8, 4) is 0 Å². The summed E-state index contributed by atoms with van der Waals surface area (Å²) in [5.41, 5.74) is 1.21. The summed E-state index contributed by atoms with van der Waals surface area (Å²) in [6, 6.07) is 10.1. The Morgan fingerprint density at radius 3 is 2.41 bits per heavy atom. The smallest absolute Gasteiger partial charge is 0.307 e. The zero-order valence-electron chi connectivity index (χ0n) is 13.1. The summed E-state index contributed by atoms with van der Waals surface area (Å²) in [6.45, 7) is 2.67. The number of amides is 1. The molecule has 0 aromatic heterocycles. The van der Waals surface area contributed by atoms with Crippen molar-refractivity contribution in [2.24, 2.45) is 11.8 Å². The fraction of sp³-hybridized carbons (Fsp3) is 0.556. The van der Waals surface area contributed by atoms with Gasteiger partial charge < -0.3 is 10.4 Å². The van der Waals surface area contributed by atoms with Crippen LogP contribution in [0.15, 0.2) is 30.3 Å². The van der Waals surface area contributed by atoms with E-state index < -0.39 is 11.9 Å². The van der Waals surface area contributed by atoms with Crippen LogP contribution in [0.25, 0.3) is 0 Å². The van der Waals surface area contributed by atoms with Gasteiger partial charge >= 0.3 is 5.97 Å². The molecule has 22 heavy (non-hydrogen) atoms. The van der Waals surface area contributed by atoms with Gasteiger partial charge in [-0.2, -0.15) is 0 Å². The molecule has 0 heterocycles. The van der Waals surface area contributed by atoms with Crippen LogP contribution in [0, 0.1) is 11.8 Å². The summed E-state index contributed by atoms with van der Waals surface area (Å²) < 4.78 is 0. The second-order valence-corrected chi connectivity index (χ2v) is 6.10. The number of rotatable bonds is 6. The van der Waals surface area contributed by atoms with Crippen LogP contribution in [0.2, 0.25) is 0 Å². The summed E-state index contributed by atoms with van der Waals surface area (Å²) in [5, 5.41) is 12.3. The molecule has 1 fully saturated rings. The maximum atomic E-state index is 12.4. The third-order valence-corrected chi connectivity index (χ3v) is 4.71. The number of nitrogens with one attached hydrogen (secondary N) is 1. The highest BCUT2D eigenvalue weighted by atomic mass is 16.4. The van der Waals surface area contributed by atoms with Crippen LogP contribution in [0.3, 0.4) is 0 Å². The number of carbonyl (C=O) groups is 2. The summed E-state index contributed by atoms with van der Waals surface area (Å²) in [7, 11) is 0. The van der Waals surface area contributed by atoms with E-state index in [0.717, 1.165) is 19.3 Å². The highest BCUT2D eigenvalue weighted by Gasteiger charge is 2.35. The predicted molar refractivity (Wildman–Crippen MR) is 85.6 cm³/mol. The zero-order valence-corrected chi connectivity index (χ0v) is 13.1. The second kappa shape index (κ2) is 7.97. The number of benzene rings is 1. The van der Waals surface area contributed by atoms with Gasteiger partial charge in [0.1, 0.15) is 0 Å². The van der Waals surface area contributed by atoms with E-state index in [1.54, 1.807) is 0 Å². The Morgan fingerprint density at radius 1 is 1.18 bits per heavy atom. The quantitative estimate of drug-likeness (QED) is 0.848. The van der Waals surface area contributed by atoms with Crippen molar-refractivity contribution < 1.29 is 14.7 Å². The van der Waals surface area contributed by atoms with E-state index in [1.165, 1.54) is 5.56 Å². The van der Waals surface area contributed by atoms with Crippen molar-refractivity contribution in [1.82, 2.24) is 5.32 Å². The van der Waals surface area contributed by atoms with Gasteiger partial charge in [0.05, 0.1) is 11.8 Å². The molecule has 4 nitrogen and oxygen atoms in total. The molecular weight excluding hydrogens is 278 g/mol. The molecule has 4 heteroatoms. The highest BCUT2D eigenvalue weighted by Crippen LogP contribution is 2.30. The molecule has 1 aliphatic carbocycles. The first-order valence-electron chi connectivity index (χ1n) is 8.19. The molecule has 0 unspecified atom stereocenters. The fourth-order valence-electron chi connectivity index (χ4n) is 3.32. The average molecular weight is 303 g/mol. The Bertz CT molecular complexity index is 500. The number of aliphatic carboxylic acids is 1. The average Bonchev–Trinajstić information content (AvgIpc) is 2.56. The van der Waals surface area contributed by atoms with Crippen molar-refractivity contribution in [3.05, 3.63) is 35.9 Å². The van der Waals surface area contributed by atoms with E-state index in [-0.39, 0.29) is 17.7 Å². The van der Waals surface area contributed by atoms with E-state index >= 15 is 0 Å². The maximum absolute atomic E-state index is 12.4. The Kier molecular flexibility index (Phi) is 5.99. The maximum Gasteiger partial charge on any atom is 0.307 e. The van der Waals surface area contributed by atoms with E-state index in [1.807, 2.05) is 18.2 Å². The molecule has 1 aliphatic rings. The molecule has 0 aliphatic heterocycles. The van der Waals surface area contributed by atoms with E-state index in [2.05, 4.69) is 24.4 Å². The predicted octanol–water partition coefficient (Wildman–Crippen LogP) is 3.19. The van der Waals surface area contributed by atoms with Crippen LogP contribution in [-0.2, 0) is 9.59 Å². The Balaban J connectivity index is 1.94. The van der Waals surface area contributed by atoms with Crippen molar-refractivity contribution >= 4 is 11.9 Å². The second-order valence-electron chi connectivity index (χ2n) is 6.10. The molecule has 0 spiro atoms. The molecule has 1 aromatic carbocycles. The zero-order chi connectivity index (χ0) is 15.9. The number of hydrogen-bond acceptors (Lipinski definition) is 2. The normalized spacial score (nSPS) is 22.8. The van der Waals surface area contributed by atoms with Crippen LogP contribution < -0.4 is 5.32 Å². The lowest BCUT2D eigenvalue weighted by atomic mass is 9.78. The molecule has 2 rings (SSSR count). The highest BCUT2D eigenvalue weighted by molar-refractivity contribution is 5.84. The molecule has 3 atom stereocenters. The largest absolute Gasteiger partial charge is 0.481 e. The third kappa shape index (κ3) is 4.09. The van der Waals surface area contributed by atoms with Gasteiger partial charge in [-0.05, 0) is 24.8 Å². The lowest BCUT2D eigenvalue weighted by molar-refractivity contribution is -0.148. The summed E-state index contributed by atoms with van der Waals surface area (Å²) in [6.07, 6.45) is 4.09. The molecule has 0 bridgehead atoms. The van der Waals surface area contributed by atoms with Crippen LogP contribution >= 0.6 is 0 Å². The van der Waals surface area contributed by atoms with Gasteiger partial charge in [-0.25, -0.2) is 0 Å². The van der Waals surface area contributed by atoms with Crippen LogP contribution in [0.1, 0.15) is 50.5 Å². The standard InChI is InChI=1S/C18H25NO3/c1-2-13(14-8-4-3-5-9-14)12-19-17(20)15-10-6-7-11-16(15)18(21)22/h3-5,8-9,13,15-16H,2,6-7,10-12H2,1H3,(H,19,20)(H,21,22)/t13-,15+,16-/m0/s1. The Hall–Kier alpha value is -1.84. The van der Waals surface area contributed by atoms with Gasteiger partial charge in [-0.15, -0.1) is 0 Å². The van der Waals surface area contributed by atoms with Gasteiger partial charge in [0, 0.05) is 12.5 Å². The van der Waals surface area contributed by atoms with Crippen LogP contribution in [0.5, 0.6) is 0 Å². The number of carbonyl (C=O) groups excluding carboxylic acids is 1. The van der Waals surface area contributed by atoms with Crippen molar-refractivity contribution in [3.63, 3.8) is 0 Å². The lowest BCUT2D eigenvalue weighted by Crippen LogP contribution is -2.41. The monoisotopic (exact) mass is 303 g/mol. The van der Waals surface area contributed by atoms with Gasteiger partial charge in [0.25, 0.3) is 0 Å². The molecule has 120 valence electrons. The summed E-state index contributed by atoms with van der Waals surface area (Å²) in [4.78, 5) is 23.7. The minimum absolute atomic E-state index is 0.0959. The van der Waals surface area contributed by atoms with E-state index in [9.17, 15) is 14.7 Å². The fourth-order valence-corrected chi connectivity index (χ4v) is 3.32. The minimum atomic E-state index is -0.838. The molecule has 1 saturated carbocycles. The number of carboxylic acid groups (broad SMARTS) is 1. The first-order valence-corrected chi connectivity index (χ1v) is 8.19. The van der Waals surface area contributed by atoms with Crippen molar-refractivity contribution in [1.29, 1.82) is 0 Å². The molecule has 2 N–H and O–H groups in total. The first kappa shape index (κ1) is 16.5. The van der Waals surface area contributed by atoms with Gasteiger partial charge in [0.2, 0.25) is 5.91 Å². The van der Waals surface area contributed by atoms with Gasteiger partial charge in [-0.3, -0.25) is 9.59 Å². The van der Waals surface area contributed by atoms with E-state index in [4.69, 9.17) is 0 Å². The summed E-state index contributed by atoms with van der Waals surface area (Å²) >= 11 is 0. The van der Waals surface area contributed by atoms with Crippen LogP contribution in [-0.4, -0.2) is 23.5 Å².